The number of aromatic nitrogens is 1. The minimum absolute atomic E-state index is 0.112. The molecule has 0 radical (unpaired) electrons. The van der Waals surface area contributed by atoms with Crippen LogP contribution in [0.3, 0.4) is 0 Å². The zero-order valence-corrected chi connectivity index (χ0v) is 11.6. The number of hydrogen-bond acceptors (Lipinski definition) is 5. The second-order valence-corrected chi connectivity index (χ2v) is 4.49. The van der Waals surface area contributed by atoms with Crippen LogP contribution in [0.15, 0.2) is 11.2 Å². The zero-order valence-electron chi connectivity index (χ0n) is 11.6. The number of alkyl halides is 3. The van der Waals surface area contributed by atoms with Crippen LogP contribution < -0.4 is 10.6 Å². The van der Waals surface area contributed by atoms with Gasteiger partial charge in [0.2, 0.25) is 0 Å². The highest BCUT2D eigenvalue weighted by molar-refractivity contribution is 6.03. The number of halogens is 3. The highest BCUT2D eigenvalue weighted by Crippen LogP contribution is 2.27. The van der Waals surface area contributed by atoms with Crippen molar-refractivity contribution in [2.45, 2.75) is 20.0 Å². The first kappa shape index (κ1) is 17.0. The Kier molecular flexibility index (Phi) is 5.36. The largest absolute Gasteiger partial charge is 0.409 e. The molecule has 0 saturated heterocycles. The highest BCUT2D eigenvalue weighted by atomic mass is 19.4. The average molecular weight is 306 g/mol. The van der Waals surface area contributed by atoms with Crippen molar-refractivity contribution in [3.05, 3.63) is 23.0 Å². The number of pyridine rings is 1. The summed E-state index contributed by atoms with van der Waals surface area (Å²) in [7, 11) is 0. The number of aliphatic hydroxyl groups is 1. The fourth-order valence-corrected chi connectivity index (χ4v) is 2.05. The summed E-state index contributed by atoms with van der Waals surface area (Å²) in [6.07, 6.45) is -4.46. The molecule has 0 saturated carbocycles. The fourth-order valence-electron chi connectivity index (χ4n) is 2.05. The third kappa shape index (κ3) is 4.48. The van der Waals surface area contributed by atoms with Gasteiger partial charge in [-0.15, -0.1) is 0 Å². The van der Waals surface area contributed by atoms with E-state index in [2.05, 4.69) is 10.1 Å². The maximum atomic E-state index is 12.7. The SMILES string of the molecule is Cc1cc(N(CCO)CC(F)(F)F)c(/C(N)=N/O)c(C)n1. The van der Waals surface area contributed by atoms with E-state index in [1.54, 1.807) is 13.8 Å². The Morgan fingerprint density at radius 3 is 2.52 bits per heavy atom. The summed E-state index contributed by atoms with van der Waals surface area (Å²) >= 11 is 0. The molecule has 1 aromatic heterocycles. The van der Waals surface area contributed by atoms with Gasteiger partial charge in [0, 0.05) is 12.2 Å². The normalized spacial score (nSPS) is 12.6. The molecule has 9 heteroatoms. The van der Waals surface area contributed by atoms with E-state index in [1.807, 2.05) is 0 Å². The van der Waals surface area contributed by atoms with Crippen molar-refractivity contribution < 1.29 is 23.5 Å². The van der Waals surface area contributed by atoms with Crippen LogP contribution in [0.4, 0.5) is 18.9 Å². The van der Waals surface area contributed by atoms with E-state index in [1.165, 1.54) is 6.07 Å². The average Bonchev–Trinajstić information content (AvgIpc) is 2.35. The lowest BCUT2D eigenvalue weighted by Gasteiger charge is -2.28. The van der Waals surface area contributed by atoms with Gasteiger partial charge >= 0.3 is 6.18 Å². The summed E-state index contributed by atoms with van der Waals surface area (Å²) in [5, 5.41) is 20.6. The monoisotopic (exact) mass is 306 g/mol. The molecule has 0 aliphatic heterocycles. The Bertz CT molecular complexity index is 532. The van der Waals surface area contributed by atoms with Gasteiger partial charge in [0.1, 0.15) is 6.54 Å². The second-order valence-electron chi connectivity index (χ2n) is 4.49. The van der Waals surface area contributed by atoms with Gasteiger partial charge in [0.25, 0.3) is 0 Å². The molecular weight excluding hydrogens is 289 g/mol. The number of rotatable bonds is 5. The van der Waals surface area contributed by atoms with Crippen LogP contribution >= 0.6 is 0 Å². The van der Waals surface area contributed by atoms with E-state index < -0.39 is 19.3 Å². The summed E-state index contributed by atoms with van der Waals surface area (Å²) < 4.78 is 38.0. The van der Waals surface area contributed by atoms with Crippen molar-refractivity contribution in [3.63, 3.8) is 0 Å². The molecule has 118 valence electrons. The van der Waals surface area contributed by atoms with E-state index in [0.717, 1.165) is 4.90 Å². The molecule has 0 amide bonds. The first-order valence-electron chi connectivity index (χ1n) is 6.08. The first-order valence-corrected chi connectivity index (χ1v) is 6.08. The molecule has 0 fully saturated rings. The van der Waals surface area contributed by atoms with Crippen LogP contribution in [0.1, 0.15) is 17.0 Å². The Balaban J connectivity index is 3.41. The Morgan fingerprint density at radius 2 is 2.05 bits per heavy atom. The maximum absolute atomic E-state index is 12.7. The van der Waals surface area contributed by atoms with Crippen molar-refractivity contribution in [3.8, 4) is 0 Å². The molecule has 0 atom stereocenters. The predicted octanol–water partition coefficient (Wildman–Crippen LogP) is 1.15. The molecule has 6 nitrogen and oxygen atoms in total. The molecule has 0 aromatic carbocycles. The Hall–Kier alpha value is -2.03. The van der Waals surface area contributed by atoms with Crippen LogP contribution in [0.2, 0.25) is 0 Å². The number of oxime groups is 1. The lowest BCUT2D eigenvalue weighted by Crippen LogP contribution is -2.38. The van der Waals surface area contributed by atoms with Gasteiger partial charge in [-0.25, -0.2) is 0 Å². The van der Waals surface area contributed by atoms with E-state index in [0.29, 0.717) is 11.4 Å². The lowest BCUT2D eigenvalue weighted by molar-refractivity contribution is -0.119. The molecule has 1 aromatic rings. The summed E-state index contributed by atoms with van der Waals surface area (Å²) in [6, 6.07) is 1.40. The summed E-state index contributed by atoms with van der Waals surface area (Å²) in [6.45, 7) is 1.20. The molecule has 0 aliphatic rings. The maximum Gasteiger partial charge on any atom is 0.405 e. The lowest BCUT2D eigenvalue weighted by atomic mass is 10.1. The van der Waals surface area contributed by atoms with Crippen LogP contribution in [0.5, 0.6) is 0 Å². The van der Waals surface area contributed by atoms with Crippen molar-refractivity contribution in [2.24, 2.45) is 10.9 Å². The standard InChI is InChI=1S/C12H17F3N4O2/c1-7-5-9(10(8(2)17-7)11(16)18-21)19(3-4-20)6-12(13,14)15/h5,20-21H,3-4,6H2,1-2H3,(H2,16,18). The fraction of sp³-hybridized carbons (Fsp3) is 0.500. The number of aliphatic hydroxyl groups excluding tert-OH is 1. The summed E-state index contributed by atoms with van der Waals surface area (Å²) in [5.74, 6) is -0.333. The molecule has 0 spiro atoms. The molecule has 1 heterocycles. The van der Waals surface area contributed by atoms with Crippen LogP contribution in [0.25, 0.3) is 0 Å². The smallest absolute Gasteiger partial charge is 0.405 e. The van der Waals surface area contributed by atoms with Gasteiger partial charge in [-0.2, -0.15) is 13.2 Å². The van der Waals surface area contributed by atoms with Gasteiger partial charge in [-0.05, 0) is 19.9 Å². The number of nitrogens with zero attached hydrogens (tertiary/aromatic N) is 3. The molecule has 0 unspecified atom stereocenters. The molecular formula is C12H17F3N4O2. The minimum Gasteiger partial charge on any atom is -0.409 e. The summed E-state index contributed by atoms with van der Waals surface area (Å²) in [5.41, 5.74) is 6.58. The van der Waals surface area contributed by atoms with Crippen LogP contribution in [-0.2, 0) is 0 Å². The van der Waals surface area contributed by atoms with E-state index in [4.69, 9.17) is 16.0 Å². The molecule has 0 aliphatic carbocycles. The van der Waals surface area contributed by atoms with Crippen molar-refractivity contribution in [1.82, 2.24) is 4.98 Å². The van der Waals surface area contributed by atoms with Gasteiger partial charge in [-0.1, -0.05) is 5.16 Å². The van der Waals surface area contributed by atoms with E-state index in [9.17, 15) is 13.2 Å². The van der Waals surface area contributed by atoms with Gasteiger partial charge in [0.15, 0.2) is 5.84 Å². The molecule has 4 N–H and O–H groups in total. The number of aryl methyl sites for hydroxylation is 2. The van der Waals surface area contributed by atoms with E-state index >= 15 is 0 Å². The van der Waals surface area contributed by atoms with Crippen molar-refractivity contribution in [2.75, 3.05) is 24.6 Å². The second kappa shape index (κ2) is 6.61. The Labute approximate surface area is 119 Å². The molecule has 0 bridgehead atoms. The quantitative estimate of drug-likeness (QED) is 0.328. The minimum atomic E-state index is -4.46. The number of anilines is 1. The number of hydrogen-bond donors (Lipinski definition) is 3. The van der Waals surface area contributed by atoms with Gasteiger partial charge < -0.3 is 20.9 Å². The Morgan fingerprint density at radius 1 is 1.43 bits per heavy atom. The topological polar surface area (TPSA) is 95.0 Å². The van der Waals surface area contributed by atoms with Crippen molar-refractivity contribution >= 4 is 11.5 Å². The molecule has 1 rings (SSSR count). The van der Waals surface area contributed by atoms with Gasteiger partial charge in [0.05, 0.1) is 23.6 Å². The number of nitrogens with two attached hydrogens (primary N) is 1. The predicted molar refractivity (Wildman–Crippen MR) is 71.6 cm³/mol. The van der Waals surface area contributed by atoms with E-state index in [-0.39, 0.29) is 23.6 Å². The first-order chi connectivity index (χ1) is 9.69. The van der Waals surface area contributed by atoms with Crippen LogP contribution in [-0.4, -0.2) is 47.0 Å². The summed E-state index contributed by atoms with van der Waals surface area (Å²) in [4.78, 5) is 5.03. The van der Waals surface area contributed by atoms with Crippen molar-refractivity contribution in [1.29, 1.82) is 0 Å². The third-order valence-corrected chi connectivity index (χ3v) is 2.75. The zero-order chi connectivity index (χ0) is 16.2. The number of amidine groups is 1. The highest BCUT2D eigenvalue weighted by Gasteiger charge is 2.32. The third-order valence-electron chi connectivity index (χ3n) is 2.75. The molecule has 21 heavy (non-hydrogen) atoms. The van der Waals surface area contributed by atoms with Crippen LogP contribution in [0, 0.1) is 13.8 Å². The van der Waals surface area contributed by atoms with Gasteiger partial charge in [-0.3, -0.25) is 4.98 Å².